The molecule has 1 saturated heterocycles. The number of nitrogens with zero attached hydrogens (tertiary/aromatic N) is 1. The third-order valence-corrected chi connectivity index (χ3v) is 3.35. The van der Waals surface area contributed by atoms with E-state index in [1.54, 1.807) is 6.92 Å². The molecule has 1 fully saturated rings. The summed E-state index contributed by atoms with van der Waals surface area (Å²) in [5.41, 5.74) is 0.895. The first-order chi connectivity index (χ1) is 10.2. The summed E-state index contributed by atoms with van der Waals surface area (Å²) in [6.45, 7) is 1.71. The van der Waals surface area contributed by atoms with E-state index < -0.39 is 18.2 Å². The summed E-state index contributed by atoms with van der Waals surface area (Å²) >= 11 is 0. The smallest absolute Gasteiger partial charge is 0.469 e. The molecule has 1 aliphatic rings. The summed E-state index contributed by atoms with van der Waals surface area (Å²) in [5.74, 6) is -1.68. The van der Waals surface area contributed by atoms with Crippen LogP contribution in [0.2, 0.25) is 0 Å². The number of alkyl halides is 3. The minimum absolute atomic E-state index is 0.0207. The summed E-state index contributed by atoms with van der Waals surface area (Å²) in [6.07, 6.45) is -4.75. The predicted molar refractivity (Wildman–Crippen MR) is 70.3 cm³/mol. The molecular formula is C14H14F3NO4. The van der Waals surface area contributed by atoms with Gasteiger partial charge in [-0.25, -0.2) is 0 Å². The van der Waals surface area contributed by atoms with E-state index in [9.17, 15) is 22.8 Å². The van der Waals surface area contributed by atoms with Crippen molar-refractivity contribution >= 4 is 17.6 Å². The van der Waals surface area contributed by atoms with Gasteiger partial charge in [0.25, 0.3) is 0 Å². The van der Waals surface area contributed by atoms with Crippen LogP contribution in [0.3, 0.4) is 0 Å². The zero-order chi connectivity index (χ0) is 16.5. The molecule has 1 aliphatic heterocycles. The Balaban J connectivity index is 2.19. The maximum Gasteiger partial charge on any atom is 0.573 e. The Kier molecular flexibility index (Phi) is 4.30. The van der Waals surface area contributed by atoms with E-state index in [1.165, 1.54) is 24.1 Å². The van der Waals surface area contributed by atoms with E-state index in [1.807, 2.05) is 0 Å². The van der Waals surface area contributed by atoms with E-state index in [0.717, 1.165) is 6.07 Å². The average molecular weight is 317 g/mol. The van der Waals surface area contributed by atoms with Crippen LogP contribution < -0.4 is 9.64 Å². The quantitative estimate of drug-likeness (QED) is 0.804. The van der Waals surface area contributed by atoms with Gasteiger partial charge in [0.15, 0.2) is 0 Å². The standard InChI is InChI=1S/C14H14F3NO4/c1-8-5-10(22-14(15,16)17)3-4-11(8)18-7-9(6-12(18)19)13(20)21-2/h3-5,9H,6-7H2,1-2H3. The van der Waals surface area contributed by atoms with Crippen molar-refractivity contribution in [2.24, 2.45) is 5.92 Å². The van der Waals surface area contributed by atoms with Gasteiger partial charge in [0, 0.05) is 18.7 Å². The molecule has 5 nitrogen and oxygen atoms in total. The number of hydrogen-bond acceptors (Lipinski definition) is 4. The SMILES string of the molecule is COC(=O)C1CC(=O)N(c2ccc(OC(F)(F)F)cc2C)C1. The van der Waals surface area contributed by atoms with Crippen molar-refractivity contribution in [2.75, 3.05) is 18.6 Å². The van der Waals surface area contributed by atoms with Crippen molar-refractivity contribution in [2.45, 2.75) is 19.7 Å². The lowest BCUT2D eigenvalue weighted by Crippen LogP contribution is -2.27. The van der Waals surface area contributed by atoms with Crippen molar-refractivity contribution in [3.8, 4) is 5.75 Å². The molecule has 22 heavy (non-hydrogen) atoms. The average Bonchev–Trinajstić information content (AvgIpc) is 2.78. The van der Waals surface area contributed by atoms with Gasteiger partial charge in [0.05, 0.1) is 13.0 Å². The van der Waals surface area contributed by atoms with Crippen LogP contribution in [0.5, 0.6) is 5.75 Å². The molecule has 2 rings (SSSR count). The fourth-order valence-electron chi connectivity index (χ4n) is 2.39. The van der Waals surface area contributed by atoms with Gasteiger partial charge >= 0.3 is 12.3 Å². The van der Waals surface area contributed by atoms with Crippen LogP contribution >= 0.6 is 0 Å². The second kappa shape index (κ2) is 5.86. The molecule has 120 valence electrons. The van der Waals surface area contributed by atoms with Gasteiger partial charge in [-0.05, 0) is 30.7 Å². The highest BCUT2D eigenvalue weighted by atomic mass is 19.4. The van der Waals surface area contributed by atoms with Gasteiger partial charge in [0.1, 0.15) is 5.75 Å². The van der Waals surface area contributed by atoms with Crippen molar-refractivity contribution in [1.82, 2.24) is 0 Å². The van der Waals surface area contributed by atoms with E-state index >= 15 is 0 Å². The molecule has 1 unspecified atom stereocenters. The predicted octanol–water partition coefficient (Wildman–Crippen LogP) is 2.42. The van der Waals surface area contributed by atoms with E-state index in [-0.39, 0.29) is 24.6 Å². The number of amides is 1. The molecule has 0 N–H and O–H groups in total. The number of esters is 1. The van der Waals surface area contributed by atoms with Crippen molar-refractivity contribution < 1.29 is 32.2 Å². The van der Waals surface area contributed by atoms with Gasteiger partial charge in [-0.1, -0.05) is 0 Å². The lowest BCUT2D eigenvalue weighted by molar-refractivity contribution is -0.274. The Labute approximate surface area is 124 Å². The Morgan fingerprint density at radius 2 is 2.05 bits per heavy atom. The third-order valence-electron chi connectivity index (χ3n) is 3.35. The van der Waals surface area contributed by atoms with Crippen LogP contribution in [0.25, 0.3) is 0 Å². The van der Waals surface area contributed by atoms with E-state index in [0.29, 0.717) is 11.3 Å². The maximum absolute atomic E-state index is 12.2. The highest BCUT2D eigenvalue weighted by Gasteiger charge is 2.36. The molecule has 0 bridgehead atoms. The first-order valence-corrected chi connectivity index (χ1v) is 6.46. The number of hydrogen-bond donors (Lipinski definition) is 0. The molecule has 1 heterocycles. The summed E-state index contributed by atoms with van der Waals surface area (Å²) in [4.78, 5) is 24.8. The number of benzene rings is 1. The number of halogens is 3. The summed E-state index contributed by atoms with van der Waals surface area (Å²) in [7, 11) is 1.24. The number of aryl methyl sites for hydroxylation is 1. The lowest BCUT2D eigenvalue weighted by Gasteiger charge is -2.20. The Bertz CT molecular complexity index is 600. The van der Waals surface area contributed by atoms with E-state index in [2.05, 4.69) is 9.47 Å². The zero-order valence-electron chi connectivity index (χ0n) is 11.9. The van der Waals surface area contributed by atoms with Gasteiger partial charge in [-0.3, -0.25) is 9.59 Å². The van der Waals surface area contributed by atoms with Crippen LogP contribution in [-0.4, -0.2) is 31.9 Å². The summed E-state index contributed by atoms with van der Waals surface area (Å²) in [6, 6.07) is 3.70. The van der Waals surface area contributed by atoms with Gasteiger partial charge in [-0.2, -0.15) is 0 Å². The van der Waals surface area contributed by atoms with Crippen molar-refractivity contribution in [1.29, 1.82) is 0 Å². The fourth-order valence-corrected chi connectivity index (χ4v) is 2.39. The second-order valence-corrected chi connectivity index (χ2v) is 4.92. The molecule has 1 aromatic rings. The van der Waals surface area contributed by atoms with Crippen LogP contribution in [0, 0.1) is 12.8 Å². The highest BCUT2D eigenvalue weighted by Crippen LogP contribution is 2.32. The van der Waals surface area contributed by atoms with Crippen LogP contribution in [0.15, 0.2) is 18.2 Å². The van der Waals surface area contributed by atoms with Gasteiger partial charge in [0.2, 0.25) is 5.91 Å². The number of carbonyl (C=O) groups excluding carboxylic acids is 2. The zero-order valence-corrected chi connectivity index (χ0v) is 11.9. The minimum Gasteiger partial charge on any atom is -0.469 e. The third kappa shape index (κ3) is 3.49. The van der Waals surface area contributed by atoms with Gasteiger partial charge < -0.3 is 14.4 Å². The molecule has 1 amide bonds. The first kappa shape index (κ1) is 16.1. The Hall–Kier alpha value is -2.25. The van der Waals surface area contributed by atoms with Gasteiger partial charge in [-0.15, -0.1) is 13.2 Å². The molecule has 1 atom stereocenters. The van der Waals surface area contributed by atoms with Crippen molar-refractivity contribution in [3.63, 3.8) is 0 Å². The first-order valence-electron chi connectivity index (χ1n) is 6.46. The van der Waals surface area contributed by atoms with Crippen molar-refractivity contribution in [3.05, 3.63) is 23.8 Å². The monoisotopic (exact) mass is 317 g/mol. The number of anilines is 1. The number of rotatable bonds is 3. The molecular weight excluding hydrogens is 303 g/mol. The van der Waals surface area contributed by atoms with E-state index in [4.69, 9.17) is 0 Å². The van der Waals surface area contributed by atoms with Crippen LogP contribution in [0.1, 0.15) is 12.0 Å². The molecule has 0 saturated carbocycles. The Morgan fingerprint density at radius 3 is 2.59 bits per heavy atom. The fraction of sp³-hybridized carbons (Fsp3) is 0.429. The summed E-state index contributed by atoms with van der Waals surface area (Å²) < 4.78 is 45.0. The minimum atomic E-state index is -4.77. The molecule has 0 aliphatic carbocycles. The molecule has 0 aromatic heterocycles. The number of methoxy groups -OCH3 is 1. The maximum atomic E-state index is 12.2. The largest absolute Gasteiger partial charge is 0.573 e. The normalized spacial score (nSPS) is 18.5. The molecule has 8 heteroatoms. The molecule has 1 aromatic carbocycles. The lowest BCUT2D eigenvalue weighted by atomic mass is 10.1. The number of ether oxygens (including phenoxy) is 2. The van der Waals surface area contributed by atoms with Crippen LogP contribution in [-0.2, 0) is 14.3 Å². The molecule has 0 radical (unpaired) electrons. The van der Waals surface area contributed by atoms with Crippen LogP contribution in [0.4, 0.5) is 18.9 Å². The summed E-state index contributed by atoms with van der Waals surface area (Å²) in [5, 5.41) is 0. The highest BCUT2D eigenvalue weighted by molar-refractivity contribution is 6.00. The molecule has 0 spiro atoms. The topological polar surface area (TPSA) is 55.8 Å². The number of carbonyl (C=O) groups is 2. The second-order valence-electron chi connectivity index (χ2n) is 4.92. The Morgan fingerprint density at radius 1 is 1.36 bits per heavy atom.